The van der Waals surface area contributed by atoms with Gasteiger partial charge < -0.3 is 9.80 Å². The number of hydrogen-bond donors (Lipinski definition) is 0. The minimum absolute atomic E-state index is 0.0934. The Kier molecular flexibility index (Phi) is 6.52. The van der Waals surface area contributed by atoms with Gasteiger partial charge >= 0.3 is 0 Å². The van der Waals surface area contributed by atoms with Gasteiger partial charge in [0.15, 0.2) is 0 Å². The number of benzene rings is 1. The van der Waals surface area contributed by atoms with E-state index in [4.69, 9.17) is 0 Å². The highest BCUT2D eigenvalue weighted by Crippen LogP contribution is 2.29. The Bertz CT molecular complexity index is 696. The number of hydrogen-bond acceptors (Lipinski definition) is 4. The van der Waals surface area contributed by atoms with E-state index in [-0.39, 0.29) is 5.91 Å². The highest BCUT2D eigenvalue weighted by atomic mass is 32.1. The zero-order valence-electron chi connectivity index (χ0n) is 15.3. The Morgan fingerprint density at radius 1 is 1.17 bits per heavy atom. The molecule has 0 spiro atoms. The van der Waals surface area contributed by atoms with E-state index in [0.29, 0.717) is 6.54 Å². The van der Waals surface area contributed by atoms with Crippen LogP contribution in [0.15, 0.2) is 24.3 Å². The summed E-state index contributed by atoms with van der Waals surface area (Å²) in [5, 5.41) is 0.918. The summed E-state index contributed by atoms with van der Waals surface area (Å²) in [4.78, 5) is 22.4. The molecule has 0 bridgehead atoms. The van der Waals surface area contributed by atoms with Crippen LogP contribution in [-0.2, 0) is 0 Å². The molecule has 1 aromatic heterocycles. The Hall–Kier alpha value is -1.72. The van der Waals surface area contributed by atoms with E-state index >= 15 is 0 Å². The van der Waals surface area contributed by atoms with Crippen molar-refractivity contribution in [2.75, 3.05) is 33.2 Å². The average Bonchev–Trinajstić information content (AvgIpc) is 2.96. The number of likely N-dealkylation sites (N-methyl/N-ethyl adjacent to an activating group) is 2. The van der Waals surface area contributed by atoms with Gasteiger partial charge in [0.05, 0.1) is 5.69 Å². The average molecular weight is 346 g/mol. The van der Waals surface area contributed by atoms with Gasteiger partial charge in [0.2, 0.25) is 0 Å². The van der Waals surface area contributed by atoms with E-state index in [9.17, 15) is 4.79 Å². The largest absolute Gasteiger partial charge is 0.337 e. The molecule has 0 unspecified atom stereocenters. The van der Waals surface area contributed by atoms with Crippen molar-refractivity contribution in [1.29, 1.82) is 0 Å². The van der Waals surface area contributed by atoms with E-state index in [2.05, 4.69) is 42.9 Å². The summed E-state index contributed by atoms with van der Waals surface area (Å²) in [6.45, 7) is 11.5. The molecule has 130 valence electrons. The van der Waals surface area contributed by atoms with Crippen LogP contribution in [-0.4, -0.2) is 53.9 Å². The van der Waals surface area contributed by atoms with Crippen LogP contribution in [0.1, 0.15) is 34.8 Å². The smallest absolute Gasteiger partial charge is 0.265 e. The SMILES string of the molecule is CCN(C)CCN(CC)C(=O)c1sc(-c2cccc(C)c2)nc1C. The molecule has 0 fully saturated rings. The van der Waals surface area contributed by atoms with Crippen molar-refractivity contribution in [3.8, 4) is 10.6 Å². The molecule has 1 amide bonds. The molecule has 0 N–H and O–H groups in total. The highest BCUT2D eigenvalue weighted by Gasteiger charge is 2.21. The molecule has 0 saturated carbocycles. The summed E-state index contributed by atoms with van der Waals surface area (Å²) >= 11 is 1.50. The summed E-state index contributed by atoms with van der Waals surface area (Å²) in [5.41, 5.74) is 3.10. The molecule has 5 heteroatoms. The molecule has 1 heterocycles. The van der Waals surface area contributed by atoms with Gasteiger partial charge in [-0.1, -0.05) is 30.7 Å². The lowest BCUT2D eigenvalue weighted by atomic mass is 10.1. The minimum Gasteiger partial charge on any atom is -0.337 e. The lowest BCUT2D eigenvalue weighted by Gasteiger charge is -2.23. The Balaban J connectivity index is 2.20. The molecular formula is C19H27N3OS. The summed E-state index contributed by atoms with van der Waals surface area (Å²) in [7, 11) is 2.08. The number of carbonyl (C=O) groups excluding carboxylic acids is 1. The van der Waals surface area contributed by atoms with Crippen LogP contribution >= 0.6 is 11.3 Å². The van der Waals surface area contributed by atoms with Gasteiger partial charge in [-0.05, 0) is 40.4 Å². The molecule has 0 aliphatic heterocycles. The number of aromatic nitrogens is 1. The van der Waals surface area contributed by atoms with E-state index in [1.54, 1.807) is 0 Å². The van der Waals surface area contributed by atoms with Gasteiger partial charge in [-0.15, -0.1) is 11.3 Å². The number of amides is 1. The first-order valence-corrected chi connectivity index (χ1v) is 9.30. The lowest BCUT2D eigenvalue weighted by Crippen LogP contribution is -2.37. The quantitative estimate of drug-likeness (QED) is 0.765. The fourth-order valence-corrected chi connectivity index (χ4v) is 3.52. The van der Waals surface area contributed by atoms with Crippen LogP contribution < -0.4 is 0 Å². The van der Waals surface area contributed by atoms with Crippen LogP contribution in [0.5, 0.6) is 0 Å². The molecule has 4 nitrogen and oxygen atoms in total. The van der Waals surface area contributed by atoms with Crippen molar-refractivity contribution < 1.29 is 4.79 Å². The first kappa shape index (κ1) is 18.6. The van der Waals surface area contributed by atoms with Crippen LogP contribution in [0.3, 0.4) is 0 Å². The summed E-state index contributed by atoms with van der Waals surface area (Å²) < 4.78 is 0. The highest BCUT2D eigenvalue weighted by molar-refractivity contribution is 7.17. The fraction of sp³-hybridized carbons (Fsp3) is 0.474. The van der Waals surface area contributed by atoms with Crippen LogP contribution in [0.2, 0.25) is 0 Å². The van der Waals surface area contributed by atoms with Gasteiger partial charge in [0, 0.05) is 25.2 Å². The summed E-state index contributed by atoms with van der Waals surface area (Å²) in [6.07, 6.45) is 0. The fourth-order valence-electron chi connectivity index (χ4n) is 2.49. The second kappa shape index (κ2) is 8.40. The standard InChI is InChI=1S/C19H27N3OS/c1-6-21(5)11-12-22(7-2)19(23)17-15(4)20-18(24-17)16-10-8-9-14(3)13-16/h8-10,13H,6-7,11-12H2,1-5H3. The molecular weight excluding hydrogens is 318 g/mol. The van der Waals surface area contributed by atoms with E-state index in [1.165, 1.54) is 16.9 Å². The number of rotatable bonds is 7. The van der Waals surface area contributed by atoms with Crippen molar-refractivity contribution in [3.63, 3.8) is 0 Å². The zero-order chi connectivity index (χ0) is 17.7. The summed E-state index contributed by atoms with van der Waals surface area (Å²) in [6, 6.07) is 8.26. The first-order valence-electron chi connectivity index (χ1n) is 8.48. The summed E-state index contributed by atoms with van der Waals surface area (Å²) in [5.74, 6) is 0.0934. The number of thiazole rings is 1. The van der Waals surface area contributed by atoms with Crippen LogP contribution in [0.25, 0.3) is 10.6 Å². The van der Waals surface area contributed by atoms with E-state index in [0.717, 1.165) is 40.8 Å². The van der Waals surface area contributed by atoms with E-state index < -0.39 is 0 Å². The van der Waals surface area contributed by atoms with Gasteiger partial charge in [-0.3, -0.25) is 4.79 Å². The van der Waals surface area contributed by atoms with Crippen molar-refractivity contribution in [1.82, 2.24) is 14.8 Å². The number of nitrogens with zero attached hydrogens (tertiary/aromatic N) is 3. The lowest BCUT2D eigenvalue weighted by molar-refractivity contribution is 0.0755. The third-order valence-corrected chi connectivity index (χ3v) is 5.41. The number of carbonyl (C=O) groups is 1. The minimum atomic E-state index is 0.0934. The third kappa shape index (κ3) is 4.42. The van der Waals surface area contributed by atoms with Crippen molar-refractivity contribution in [3.05, 3.63) is 40.4 Å². The number of aryl methyl sites for hydroxylation is 2. The molecule has 2 aromatic rings. The molecule has 2 rings (SSSR count). The molecule has 1 aromatic carbocycles. The van der Waals surface area contributed by atoms with E-state index in [1.807, 2.05) is 30.9 Å². The predicted octanol–water partition coefficient (Wildman–Crippen LogP) is 3.84. The van der Waals surface area contributed by atoms with Gasteiger partial charge in [-0.2, -0.15) is 0 Å². The third-order valence-electron chi connectivity index (χ3n) is 4.22. The molecule has 0 radical (unpaired) electrons. The molecule has 0 aliphatic rings. The Labute approximate surface area is 149 Å². The molecule has 0 aliphatic carbocycles. The predicted molar refractivity (Wildman–Crippen MR) is 102 cm³/mol. The topological polar surface area (TPSA) is 36.4 Å². The van der Waals surface area contributed by atoms with Gasteiger partial charge in [0.1, 0.15) is 9.88 Å². The normalized spacial score (nSPS) is 11.1. The van der Waals surface area contributed by atoms with Gasteiger partial charge in [0.25, 0.3) is 5.91 Å². The van der Waals surface area contributed by atoms with Crippen molar-refractivity contribution in [2.45, 2.75) is 27.7 Å². The molecule has 24 heavy (non-hydrogen) atoms. The zero-order valence-corrected chi connectivity index (χ0v) is 16.1. The second-order valence-electron chi connectivity index (χ2n) is 6.08. The van der Waals surface area contributed by atoms with Crippen LogP contribution in [0, 0.1) is 13.8 Å². The Morgan fingerprint density at radius 2 is 1.92 bits per heavy atom. The van der Waals surface area contributed by atoms with Crippen LogP contribution in [0.4, 0.5) is 0 Å². The molecule has 0 atom stereocenters. The maximum Gasteiger partial charge on any atom is 0.265 e. The maximum atomic E-state index is 12.9. The Morgan fingerprint density at radius 3 is 2.54 bits per heavy atom. The second-order valence-corrected chi connectivity index (χ2v) is 7.08. The monoisotopic (exact) mass is 345 g/mol. The maximum absolute atomic E-state index is 12.9. The van der Waals surface area contributed by atoms with Crippen molar-refractivity contribution >= 4 is 17.2 Å². The first-order chi connectivity index (χ1) is 11.5. The van der Waals surface area contributed by atoms with Crippen molar-refractivity contribution in [2.24, 2.45) is 0 Å². The van der Waals surface area contributed by atoms with Gasteiger partial charge in [-0.25, -0.2) is 4.98 Å². The molecule has 0 saturated heterocycles.